The van der Waals surface area contributed by atoms with E-state index >= 15 is 0 Å². The first-order valence-electron chi connectivity index (χ1n) is 6.76. The summed E-state index contributed by atoms with van der Waals surface area (Å²) < 4.78 is 40.4. The van der Waals surface area contributed by atoms with E-state index in [0.717, 1.165) is 5.56 Å². The minimum absolute atomic E-state index is 0.277. The van der Waals surface area contributed by atoms with Crippen LogP contribution < -0.4 is 4.74 Å². The first kappa shape index (κ1) is 16.3. The molecule has 2 aromatic heterocycles. The zero-order chi connectivity index (χ0) is 17.2. The van der Waals surface area contributed by atoms with Gasteiger partial charge in [0.05, 0.1) is 23.6 Å². The van der Waals surface area contributed by atoms with E-state index in [1.165, 1.54) is 47.7 Å². The molecule has 0 bridgehead atoms. The monoisotopic (exact) mass is 354 g/mol. The van der Waals surface area contributed by atoms with E-state index in [1.807, 2.05) is 0 Å². The van der Waals surface area contributed by atoms with Crippen molar-refractivity contribution < 1.29 is 17.9 Å². The van der Waals surface area contributed by atoms with Gasteiger partial charge in [0, 0.05) is 18.2 Å². The Hall–Kier alpha value is -2.61. The van der Waals surface area contributed by atoms with E-state index < -0.39 is 6.36 Å². The van der Waals surface area contributed by atoms with Gasteiger partial charge in [-0.25, -0.2) is 0 Å². The molecule has 0 amide bonds. The Bertz CT molecular complexity index is 820. The van der Waals surface area contributed by atoms with Crippen LogP contribution in [0.25, 0.3) is 5.69 Å². The molecule has 0 fully saturated rings. The molecule has 0 saturated carbocycles. The van der Waals surface area contributed by atoms with Gasteiger partial charge in [0.1, 0.15) is 11.4 Å². The minimum Gasteiger partial charge on any atom is -0.406 e. The van der Waals surface area contributed by atoms with Crippen LogP contribution in [0.1, 0.15) is 11.1 Å². The standard InChI is InChI=1S/C15H10ClF3N4O/c16-13-8-20-9-14(23-21-5-6-22-23)12(13)7-10-1-3-11(4-2-10)24-15(17,18)19/h1-6,8-9H,7H2. The van der Waals surface area contributed by atoms with Crippen molar-refractivity contribution >= 4 is 11.6 Å². The lowest BCUT2D eigenvalue weighted by Crippen LogP contribution is -2.17. The number of ether oxygens (including phenoxy) is 1. The number of pyridine rings is 1. The van der Waals surface area contributed by atoms with Crippen molar-refractivity contribution in [3.63, 3.8) is 0 Å². The molecule has 3 aromatic rings. The normalized spacial score (nSPS) is 11.5. The van der Waals surface area contributed by atoms with Crippen LogP contribution in [0.4, 0.5) is 13.2 Å². The second-order valence-corrected chi connectivity index (χ2v) is 5.21. The van der Waals surface area contributed by atoms with Gasteiger partial charge >= 0.3 is 6.36 Å². The molecule has 24 heavy (non-hydrogen) atoms. The number of rotatable bonds is 4. The molecule has 0 radical (unpaired) electrons. The predicted octanol–water partition coefficient (Wildman–Crippen LogP) is 3.81. The van der Waals surface area contributed by atoms with Gasteiger partial charge in [-0.15, -0.1) is 18.0 Å². The number of aromatic nitrogens is 4. The van der Waals surface area contributed by atoms with Crippen LogP contribution in [0.3, 0.4) is 0 Å². The first-order valence-corrected chi connectivity index (χ1v) is 7.14. The lowest BCUT2D eigenvalue weighted by molar-refractivity contribution is -0.274. The smallest absolute Gasteiger partial charge is 0.406 e. The van der Waals surface area contributed by atoms with E-state index in [0.29, 0.717) is 22.7 Å². The van der Waals surface area contributed by atoms with Crippen molar-refractivity contribution in [1.29, 1.82) is 0 Å². The van der Waals surface area contributed by atoms with Gasteiger partial charge in [-0.2, -0.15) is 10.2 Å². The van der Waals surface area contributed by atoms with Gasteiger partial charge in [0.15, 0.2) is 0 Å². The topological polar surface area (TPSA) is 52.8 Å². The largest absolute Gasteiger partial charge is 0.573 e. The van der Waals surface area contributed by atoms with E-state index in [9.17, 15) is 13.2 Å². The minimum atomic E-state index is -4.71. The van der Waals surface area contributed by atoms with Crippen LogP contribution in [0.5, 0.6) is 5.75 Å². The second kappa shape index (κ2) is 6.48. The maximum absolute atomic E-state index is 12.2. The Morgan fingerprint density at radius 2 is 1.71 bits per heavy atom. The molecule has 124 valence electrons. The first-order chi connectivity index (χ1) is 11.4. The van der Waals surface area contributed by atoms with Gasteiger partial charge in [-0.1, -0.05) is 23.7 Å². The Kier molecular flexibility index (Phi) is 4.39. The van der Waals surface area contributed by atoms with E-state index in [1.54, 1.807) is 6.20 Å². The zero-order valence-corrected chi connectivity index (χ0v) is 12.8. The number of halogens is 4. The highest BCUT2D eigenvalue weighted by atomic mass is 35.5. The lowest BCUT2D eigenvalue weighted by Gasteiger charge is -2.11. The number of nitrogens with zero attached hydrogens (tertiary/aromatic N) is 4. The SMILES string of the molecule is FC(F)(F)Oc1ccc(Cc2c(Cl)cncc2-n2nccn2)cc1. The molecule has 0 aliphatic carbocycles. The van der Waals surface area contributed by atoms with Gasteiger partial charge in [0.25, 0.3) is 0 Å². The molecule has 3 rings (SSSR count). The van der Waals surface area contributed by atoms with Crippen molar-refractivity contribution in [2.45, 2.75) is 12.8 Å². The van der Waals surface area contributed by atoms with Gasteiger partial charge in [-0.3, -0.25) is 4.98 Å². The Balaban J connectivity index is 1.87. The fourth-order valence-electron chi connectivity index (χ4n) is 2.15. The molecule has 9 heteroatoms. The van der Waals surface area contributed by atoms with E-state index in [2.05, 4.69) is 19.9 Å². The van der Waals surface area contributed by atoms with E-state index in [4.69, 9.17) is 11.6 Å². The molecule has 0 aliphatic heterocycles. The quantitative estimate of drug-likeness (QED) is 0.715. The van der Waals surface area contributed by atoms with Gasteiger partial charge in [0.2, 0.25) is 0 Å². The highest BCUT2D eigenvalue weighted by Gasteiger charge is 2.30. The van der Waals surface area contributed by atoms with Crippen molar-refractivity contribution in [3.8, 4) is 11.4 Å². The second-order valence-electron chi connectivity index (χ2n) is 4.81. The fraction of sp³-hybridized carbons (Fsp3) is 0.133. The van der Waals surface area contributed by atoms with Gasteiger partial charge in [-0.05, 0) is 17.7 Å². The molecule has 0 atom stereocenters. The molecular formula is C15H10ClF3N4O. The maximum atomic E-state index is 12.2. The maximum Gasteiger partial charge on any atom is 0.573 e. The molecule has 2 heterocycles. The molecule has 1 aromatic carbocycles. The molecule has 0 aliphatic rings. The highest BCUT2D eigenvalue weighted by Crippen LogP contribution is 2.26. The summed E-state index contributed by atoms with van der Waals surface area (Å²) in [7, 11) is 0. The van der Waals surface area contributed by atoms with Crippen molar-refractivity contribution in [1.82, 2.24) is 20.0 Å². The van der Waals surface area contributed by atoms with Gasteiger partial charge < -0.3 is 4.74 Å². The van der Waals surface area contributed by atoms with Crippen LogP contribution in [0.2, 0.25) is 5.02 Å². The van der Waals surface area contributed by atoms with E-state index in [-0.39, 0.29) is 5.75 Å². The summed E-state index contributed by atoms with van der Waals surface area (Å²) in [5.41, 5.74) is 2.07. The zero-order valence-electron chi connectivity index (χ0n) is 12.0. The summed E-state index contributed by atoms with van der Waals surface area (Å²) in [5.74, 6) is -0.277. The molecular weight excluding hydrogens is 345 g/mol. The molecule has 0 spiro atoms. The molecule has 0 saturated heterocycles. The van der Waals surface area contributed by atoms with Crippen LogP contribution in [0, 0.1) is 0 Å². The van der Waals surface area contributed by atoms with Crippen LogP contribution in [0.15, 0.2) is 49.1 Å². The van der Waals surface area contributed by atoms with Crippen molar-refractivity contribution in [3.05, 3.63) is 65.2 Å². The third kappa shape index (κ3) is 3.83. The summed E-state index contributed by atoms with van der Waals surface area (Å²) in [6.07, 6.45) is 1.77. The summed E-state index contributed by atoms with van der Waals surface area (Å²) in [5, 5.41) is 8.51. The highest BCUT2D eigenvalue weighted by molar-refractivity contribution is 6.31. The van der Waals surface area contributed by atoms with Crippen LogP contribution >= 0.6 is 11.6 Å². The number of hydrogen-bond acceptors (Lipinski definition) is 4. The van der Waals surface area contributed by atoms with Crippen molar-refractivity contribution in [2.24, 2.45) is 0 Å². The summed E-state index contributed by atoms with van der Waals surface area (Å²) >= 11 is 6.21. The lowest BCUT2D eigenvalue weighted by atomic mass is 10.0. The third-order valence-corrected chi connectivity index (χ3v) is 3.48. The fourth-order valence-corrected chi connectivity index (χ4v) is 2.37. The van der Waals surface area contributed by atoms with Crippen LogP contribution in [-0.4, -0.2) is 26.3 Å². The Morgan fingerprint density at radius 1 is 1.04 bits per heavy atom. The predicted molar refractivity (Wildman–Crippen MR) is 80.1 cm³/mol. The third-order valence-electron chi connectivity index (χ3n) is 3.15. The molecule has 5 nitrogen and oxygen atoms in total. The summed E-state index contributed by atoms with van der Waals surface area (Å²) in [4.78, 5) is 5.40. The summed E-state index contributed by atoms with van der Waals surface area (Å²) in [6.45, 7) is 0. The Labute approximate surface area is 139 Å². The summed E-state index contributed by atoms with van der Waals surface area (Å²) in [6, 6.07) is 5.59. The molecule has 0 N–H and O–H groups in total. The number of alkyl halides is 3. The average molecular weight is 355 g/mol. The molecule has 0 unspecified atom stereocenters. The number of hydrogen-bond donors (Lipinski definition) is 0. The van der Waals surface area contributed by atoms with Crippen molar-refractivity contribution in [2.75, 3.05) is 0 Å². The number of benzene rings is 1. The Morgan fingerprint density at radius 3 is 2.33 bits per heavy atom. The van der Waals surface area contributed by atoms with Crippen LogP contribution in [-0.2, 0) is 6.42 Å². The average Bonchev–Trinajstić information content (AvgIpc) is 3.04.